The molecule has 1 amide bonds. The number of Topliss-reactive ketones (excluding diaryl/α,β-unsaturated/α-hetero) is 1. The first-order valence-corrected chi connectivity index (χ1v) is 11.6. The number of amides is 1. The average Bonchev–Trinajstić information content (AvgIpc) is 3.33. The van der Waals surface area contributed by atoms with E-state index in [0.29, 0.717) is 25.3 Å². The zero-order valence-corrected chi connectivity index (χ0v) is 18.3. The quantitative estimate of drug-likeness (QED) is 0.706. The summed E-state index contributed by atoms with van der Waals surface area (Å²) in [6.07, 6.45) is 9.85. The van der Waals surface area contributed by atoms with Crippen molar-refractivity contribution in [2.45, 2.75) is 39.5 Å². The van der Waals surface area contributed by atoms with E-state index in [9.17, 15) is 9.59 Å². The van der Waals surface area contributed by atoms with Gasteiger partial charge >= 0.3 is 0 Å². The molecule has 1 fully saturated rings. The number of nitrogens with zero attached hydrogens (tertiary/aromatic N) is 2. The van der Waals surface area contributed by atoms with Crippen molar-refractivity contribution in [3.05, 3.63) is 62.6 Å². The molecule has 0 spiro atoms. The van der Waals surface area contributed by atoms with E-state index in [1.54, 1.807) is 0 Å². The highest BCUT2D eigenvalue weighted by Gasteiger charge is 2.31. The summed E-state index contributed by atoms with van der Waals surface area (Å²) >= 11 is 1.52. The first-order valence-electron chi connectivity index (χ1n) is 10.8. The molecule has 1 atom stereocenters. The minimum atomic E-state index is 0.125. The van der Waals surface area contributed by atoms with Gasteiger partial charge in [-0.15, -0.1) is 11.3 Å². The van der Waals surface area contributed by atoms with E-state index in [1.165, 1.54) is 28.0 Å². The van der Waals surface area contributed by atoms with E-state index >= 15 is 0 Å². The van der Waals surface area contributed by atoms with Crippen molar-refractivity contribution >= 4 is 34.7 Å². The molecule has 0 saturated heterocycles. The van der Waals surface area contributed by atoms with E-state index < -0.39 is 0 Å². The Kier molecular flexibility index (Phi) is 4.94. The molecule has 0 bridgehead atoms. The maximum absolute atomic E-state index is 13.0. The third-order valence-corrected chi connectivity index (χ3v) is 7.39. The Bertz CT molecular complexity index is 1090. The van der Waals surface area contributed by atoms with Gasteiger partial charge in [-0.05, 0) is 59.9 Å². The van der Waals surface area contributed by atoms with Crippen LogP contribution in [0.15, 0.2) is 29.7 Å². The molecule has 2 aromatic rings. The number of carbonyl (C=O) groups is 2. The van der Waals surface area contributed by atoms with Gasteiger partial charge in [0.1, 0.15) is 5.78 Å². The number of carbonyl (C=O) groups excluding carboxylic acids is 2. The number of thiophene rings is 1. The molecular weight excluding hydrogens is 392 g/mol. The number of hydrogen-bond acceptors (Lipinski definition) is 4. The lowest BCUT2D eigenvalue weighted by molar-refractivity contribution is -0.119. The predicted octanol–water partition coefficient (Wildman–Crippen LogP) is 4.72. The zero-order chi connectivity index (χ0) is 20.8. The highest BCUT2D eigenvalue weighted by Crippen LogP contribution is 2.36. The number of allylic oxidation sites excluding steroid dienone is 1. The maximum atomic E-state index is 13.0. The molecule has 5 heteroatoms. The second-order valence-electron chi connectivity index (χ2n) is 8.75. The van der Waals surface area contributed by atoms with Gasteiger partial charge in [-0.1, -0.05) is 25.2 Å². The smallest absolute Gasteiger partial charge is 0.264 e. The molecule has 2 aliphatic carbocycles. The number of aromatic nitrogens is 1. The van der Waals surface area contributed by atoms with Crippen LogP contribution in [-0.4, -0.2) is 34.7 Å². The summed E-state index contributed by atoms with van der Waals surface area (Å²) < 4.78 is 0. The van der Waals surface area contributed by atoms with E-state index in [2.05, 4.69) is 31.2 Å². The third kappa shape index (κ3) is 3.56. The van der Waals surface area contributed by atoms with Crippen molar-refractivity contribution in [2.75, 3.05) is 13.1 Å². The van der Waals surface area contributed by atoms with E-state index in [1.807, 2.05) is 23.3 Å². The van der Waals surface area contributed by atoms with E-state index in [0.717, 1.165) is 41.1 Å². The first-order chi connectivity index (χ1) is 14.5. The van der Waals surface area contributed by atoms with Gasteiger partial charge in [0, 0.05) is 43.1 Å². The average molecular weight is 419 g/mol. The predicted molar refractivity (Wildman–Crippen MR) is 121 cm³/mol. The van der Waals surface area contributed by atoms with Crippen LogP contribution in [0.1, 0.15) is 57.5 Å². The fourth-order valence-electron chi connectivity index (χ4n) is 4.54. The Labute approximate surface area is 181 Å². The number of pyridine rings is 1. The Morgan fingerprint density at radius 3 is 2.83 bits per heavy atom. The highest BCUT2D eigenvalue weighted by atomic mass is 32.1. The van der Waals surface area contributed by atoms with E-state index in [4.69, 9.17) is 4.98 Å². The van der Waals surface area contributed by atoms with Gasteiger partial charge in [0.25, 0.3) is 5.91 Å². The summed E-state index contributed by atoms with van der Waals surface area (Å²) in [7, 11) is 0. The molecule has 3 heterocycles. The molecule has 154 valence electrons. The molecule has 4 nitrogen and oxygen atoms in total. The van der Waals surface area contributed by atoms with Crippen LogP contribution >= 0.6 is 11.3 Å². The lowest BCUT2D eigenvalue weighted by Gasteiger charge is -2.32. The summed E-state index contributed by atoms with van der Waals surface area (Å²) in [6.45, 7) is 5.51. The molecule has 3 aliphatic rings. The Balaban J connectivity index is 1.43. The van der Waals surface area contributed by atoms with Crippen LogP contribution in [0.25, 0.3) is 11.6 Å². The van der Waals surface area contributed by atoms with Gasteiger partial charge in [-0.3, -0.25) is 14.6 Å². The second-order valence-corrected chi connectivity index (χ2v) is 9.66. The standard InChI is InChI=1S/C25H26N2O2S/c1-15-9-11-30-24(15)25(29)27-10-8-19(16(2)14-27)21-12-18(13-23(28)17-6-7-17)26-22-5-3-4-20(21)22/h3-4,8-9,11-12,16-17H,5-7,10,13-14H2,1-2H3. The third-order valence-electron chi connectivity index (χ3n) is 6.39. The van der Waals surface area contributed by atoms with Crippen molar-refractivity contribution in [3.63, 3.8) is 0 Å². The van der Waals surface area contributed by atoms with Crippen LogP contribution in [0.5, 0.6) is 0 Å². The van der Waals surface area contributed by atoms with Crippen molar-refractivity contribution < 1.29 is 9.59 Å². The fraction of sp³-hybridized carbons (Fsp3) is 0.400. The largest absolute Gasteiger partial charge is 0.334 e. The second kappa shape index (κ2) is 7.62. The molecule has 30 heavy (non-hydrogen) atoms. The topological polar surface area (TPSA) is 50.3 Å². The first kappa shape index (κ1) is 19.4. The molecule has 1 unspecified atom stereocenters. The minimum absolute atomic E-state index is 0.125. The van der Waals surface area contributed by atoms with Crippen LogP contribution in [0.3, 0.4) is 0 Å². The summed E-state index contributed by atoms with van der Waals surface area (Å²) in [5, 5.41) is 1.98. The zero-order valence-electron chi connectivity index (χ0n) is 17.5. The molecule has 1 aliphatic heterocycles. The SMILES string of the molecule is Cc1ccsc1C(=O)N1CC=C(c2cc(CC(=O)C3CC3)nc3c2C=CC3)C(C)C1. The van der Waals surface area contributed by atoms with Gasteiger partial charge in [-0.2, -0.15) is 0 Å². The highest BCUT2D eigenvalue weighted by molar-refractivity contribution is 7.12. The molecule has 0 aromatic carbocycles. The summed E-state index contributed by atoms with van der Waals surface area (Å²) in [5.41, 5.74) is 6.67. The minimum Gasteiger partial charge on any atom is -0.334 e. The van der Waals surface area contributed by atoms with Crippen molar-refractivity contribution in [3.8, 4) is 0 Å². The number of hydrogen-bond donors (Lipinski definition) is 0. The van der Waals surface area contributed by atoms with Crippen LogP contribution in [-0.2, 0) is 17.6 Å². The normalized spacial score (nSPS) is 20.3. The molecular formula is C25H26N2O2S. The number of rotatable bonds is 5. The maximum Gasteiger partial charge on any atom is 0.264 e. The van der Waals surface area contributed by atoms with Gasteiger partial charge in [0.2, 0.25) is 0 Å². The molecule has 0 radical (unpaired) electrons. The lowest BCUT2D eigenvalue weighted by Crippen LogP contribution is -2.38. The van der Waals surface area contributed by atoms with Crippen LogP contribution in [0.4, 0.5) is 0 Å². The Morgan fingerprint density at radius 1 is 1.30 bits per heavy atom. The van der Waals surface area contributed by atoms with Gasteiger partial charge in [0.15, 0.2) is 0 Å². The van der Waals surface area contributed by atoms with Gasteiger partial charge < -0.3 is 4.90 Å². The summed E-state index contributed by atoms with van der Waals surface area (Å²) in [6, 6.07) is 4.13. The lowest BCUT2D eigenvalue weighted by atomic mass is 9.87. The van der Waals surface area contributed by atoms with Gasteiger partial charge in [-0.25, -0.2) is 0 Å². The van der Waals surface area contributed by atoms with Crippen molar-refractivity contribution in [1.82, 2.24) is 9.88 Å². The van der Waals surface area contributed by atoms with Crippen LogP contribution in [0.2, 0.25) is 0 Å². The van der Waals surface area contributed by atoms with Crippen LogP contribution in [0, 0.1) is 18.8 Å². The van der Waals surface area contributed by atoms with Crippen LogP contribution < -0.4 is 0 Å². The van der Waals surface area contributed by atoms with Crippen molar-refractivity contribution in [1.29, 1.82) is 0 Å². The van der Waals surface area contributed by atoms with E-state index in [-0.39, 0.29) is 17.7 Å². The fourth-order valence-corrected chi connectivity index (χ4v) is 5.44. The molecule has 5 rings (SSSR count). The summed E-state index contributed by atoms with van der Waals surface area (Å²) in [5.74, 6) is 0.943. The number of fused-ring (bicyclic) bond motifs is 1. The van der Waals surface area contributed by atoms with Crippen molar-refractivity contribution in [2.24, 2.45) is 11.8 Å². The molecule has 2 aromatic heterocycles. The Hall–Kier alpha value is -2.53. The number of aryl methyl sites for hydroxylation is 1. The number of ketones is 1. The monoisotopic (exact) mass is 418 g/mol. The molecule has 1 saturated carbocycles. The Morgan fingerprint density at radius 2 is 2.13 bits per heavy atom. The summed E-state index contributed by atoms with van der Waals surface area (Å²) in [4.78, 5) is 32.9. The van der Waals surface area contributed by atoms with Gasteiger partial charge in [0.05, 0.1) is 10.6 Å². The molecule has 0 N–H and O–H groups in total.